The SMILES string of the molecule is CC(OCC(=O)Nc1cccc(Cl)c1)C(=O)O. The summed E-state index contributed by atoms with van der Waals surface area (Å²) in [6, 6.07) is 6.63. The Bertz CT molecular complexity index is 422. The van der Waals surface area contributed by atoms with Crippen LogP contribution in [0.2, 0.25) is 5.02 Å². The average Bonchev–Trinajstić information content (AvgIpc) is 2.25. The average molecular weight is 258 g/mol. The topological polar surface area (TPSA) is 75.6 Å². The van der Waals surface area contributed by atoms with E-state index < -0.39 is 18.0 Å². The van der Waals surface area contributed by atoms with Crippen LogP contribution in [-0.4, -0.2) is 29.7 Å². The standard InChI is InChI=1S/C11H12ClNO4/c1-7(11(15)16)17-6-10(14)13-9-4-2-3-8(12)5-9/h2-5,7H,6H2,1H3,(H,13,14)(H,15,16). The van der Waals surface area contributed by atoms with Gasteiger partial charge in [0.2, 0.25) is 5.91 Å². The molecule has 0 aliphatic carbocycles. The number of carboxylic acids is 1. The summed E-state index contributed by atoms with van der Waals surface area (Å²) in [6.45, 7) is 1.04. The van der Waals surface area contributed by atoms with Crippen LogP contribution in [0.15, 0.2) is 24.3 Å². The van der Waals surface area contributed by atoms with Crippen LogP contribution < -0.4 is 5.32 Å². The molecule has 0 bridgehead atoms. The molecule has 0 aliphatic rings. The summed E-state index contributed by atoms with van der Waals surface area (Å²) in [4.78, 5) is 21.8. The van der Waals surface area contributed by atoms with E-state index in [0.29, 0.717) is 10.7 Å². The first-order valence-electron chi connectivity index (χ1n) is 4.89. The van der Waals surface area contributed by atoms with Gasteiger partial charge in [-0.3, -0.25) is 4.79 Å². The fourth-order valence-electron chi connectivity index (χ4n) is 1.04. The lowest BCUT2D eigenvalue weighted by molar-refractivity contribution is -0.150. The van der Waals surface area contributed by atoms with Gasteiger partial charge >= 0.3 is 5.97 Å². The Morgan fingerprint density at radius 3 is 2.82 bits per heavy atom. The van der Waals surface area contributed by atoms with Crippen molar-refractivity contribution < 1.29 is 19.4 Å². The van der Waals surface area contributed by atoms with Gasteiger partial charge < -0.3 is 15.2 Å². The van der Waals surface area contributed by atoms with E-state index in [0.717, 1.165) is 0 Å². The Morgan fingerprint density at radius 2 is 2.24 bits per heavy atom. The van der Waals surface area contributed by atoms with Crippen LogP contribution in [0.3, 0.4) is 0 Å². The molecule has 0 radical (unpaired) electrons. The predicted octanol–water partition coefficient (Wildman–Crippen LogP) is 1.77. The molecule has 1 aromatic carbocycles. The molecule has 0 aromatic heterocycles. The third-order valence-electron chi connectivity index (χ3n) is 1.92. The Hall–Kier alpha value is -1.59. The van der Waals surface area contributed by atoms with Gasteiger partial charge in [-0.15, -0.1) is 0 Å². The molecule has 17 heavy (non-hydrogen) atoms. The molecule has 5 nitrogen and oxygen atoms in total. The van der Waals surface area contributed by atoms with E-state index in [1.807, 2.05) is 0 Å². The molecule has 0 heterocycles. The number of anilines is 1. The molecule has 0 aliphatic heterocycles. The van der Waals surface area contributed by atoms with Gasteiger partial charge in [0, 0.05) is 10.7 Å². The van der Waals surface area contributed by atoms with Crippen molar-refractivity contribution in [2.45, 2.75) is 13.0 Å². The van der Waals surface area contributed by atoms with Gasteiger partial charge in [0.05, 0.1) is 0 Å². The third kappa shape index (κ3) is 4.84. The molecule has 1 aromatic rings. The fraction of sp³-hybridized carbons (Fsp3) is 0.273. The molecule has 0 spiro atoms. The number of nitrogens with one attached hydrogen (secondary N) is 1. The van der Waals surface area contributed by atoms with Crippen LogP contribution in [0.4, 0.5) is 5.69 Å². The molecule has 1 rings (SSSR count). The first kappa shape index (κ1) is 13.5. The number of carboxylic acid groups (broad SMARTS) is 1. The summed E-state index contributed by atoms with van der Waals surface area (Å²) in [7, 11) is 0. The zero-order valence-corrected chi connectivity index (χ0v) is 9.90. The lowest BCUT2D eigenvalue weighted by atomic mass is 10.3. The van der Waals surface area contributed by atoms with Crippen LogP contribution in [0, 0.1) is 0 Å². The van der Waals surface area contributed by atoms with Crippen LogP contribution >= 0.6 is 11.6 Å². The molecule has 92 valence electrons. The fourth-order valence-corrected chi connectivity index (χ4v) is 1.23. The van der Waals surface area contributed by atoms with E-state index in [1.165, 1.54) is 6.92 Å². The van der Waals surface area contributed by atoms with Gasteiger partial charge in [-0.2, -0.15) is 0 Å². The molecule has 6 heteroatoms. The first-order chi connectivity index (χ1) is 7.99. The number of carbonyl (C=O) groups excluding carboxylic acids is 1. The van der Waals surface area contributed by atoms with Gasteiger partial charge in [-0.1, -0.05) is 17.7 Å². The van der Waals surface area contributed by atoms with Gasteiger partial charge in [0.1, 0.15) is 6.61 Å². The zero-order chi connectivity index (χ0) is 12.8. The maximum Gasteiger partial charge on any atom is 0.332 e. The highest BCUT2D eigenvalue weighted by Gasteiger charge is 2.13. The second-order valence-electron chi connectivity index (χ2n) is 3.35. The van der Waals surface area contributed by atoms with Crippen molar-refractivity contribution >= 4 is 29.2 Å². The van der Waals surface area contributed by atoms with Crippen molar-refractivity contribution in [2.75, 3.05) is 11.9 Å². The van der Waals surface area contributed by atoms with Gasteiger partial charge in [0.15, 0.2) is 6.10 Å². The van der Waals surface area contributed by atoms with Crippen molar-refractivity contribution in [3.8, 4) is 0 Å². The number of ether oxygens (including phenoxy) is 1. The van der Waals surface area contributed by atoms with Gasteiger partial charge in [-0.25, -0.2) is 4.79 Å². The van der Waals surface area contributed by atoms with Crippen molar-refractivity contribution in [3.63, 3.8) is 0 Å². The Balaban J connectivity index is 2.42. The van der Waals surface area contributed by atoms with E-state index in [4.69, 9.17) is 21.4 Å². The minimum Gasteiger partial charge on any atom is -0.479 e. The molecule has 1 atom stereocenters. The number of benzene rings is 1. The summed E-state index contributed by atoms with van der Waals surface area (Å²) in [6.07, 6.45) is -1.01. The largest absolute Gasteiger partial charge is 0.479 e. The number of hydrogen-bond acceptors (Lipinski definition) is 3. The monoisotopic (exact) mass is 257 g/mol. The molecular formula is C11H12ClNO4. The molecular weight excluding hydrogens is 246 g/mol. The number of amides is 1. The number of rotatable bonds is 5. The molecule has 1 amide bonds. The quantitative estimate of drug-likeness (QED) is 0.843. The Morgan fingerprint density at radius 1 is 1.53 bits per heavy atom. The smallest absolute Gasteiger partial charge is 0.332 e. The molecule has 1 unspecified atom stereocenters. The van der Waals surface area contributed by atoms with E-state index in [9.17, 15) is 9.59 Å². The van der Waals surface area contributed by atoms with E-state index >= 15 is 0 Å². The summed E-state index contributed by atoms with van der Waals surface area (Å²) in [5.41, 5.74) is 0.536. The van der Waals surface area contributed by atoms with Crippen LogP contribution in [-0.2, 0) is 14.3 Å². The summed E-state index contributed by atoms with van der Waals surface area (Å²) in [5.74, 6) is -1.54. The maximum atomic E-state index is 11.4. The second kappa shape index (κ2) is 6.22. The summed E-state index contributed by atoms with van der Waals surface area (Å²) in [5, 5.41) is 11.6. The molecule has 0 fully saturated rings. The minimum atomic E-state index is -1.11. The highest BCUT2D eigenvalue weighted by Crippen LogP contribution is 2.14. The zero-order valence-electron chi connectivity index (χ0n) is 9.14. The Labute approximate surface area is 103 Å². The van der Waals surface area contributed by atoms with E-state index in [2.05, 4.69) is 5.32 Å². The lowest BCUT2D eigenvalue weighted by Gasteiger charge is -2.09. The number of hydrogen-bond donors (Lipinski definition) is 2. The van der Waals surface area contributed by atoms with Gasteiger partial charge in [0.25, 0.3) is 0 Å². The number of aliphatic carboxylic acids is 1. The van der Waals surface area contributed by atoms with Crippen molar-refractivity contribution in [2.24, 2.45) is 0 Å². The number of halogens is 1. The van der Waals surface area contributed by atoms with E-state index in [-0.39, 0.29) is 6.61 Å². The molecule has 0 saturated carbocycles. The second-order valence-corrected chi connectivity index (χ2v) is 3.79. The minimum absolute atomic E-state index is 0.319. The highest BCUT2D eigenvalue weighted by atomic mass is 35.5. The summed E-state index contributed by atoms with van der Waals surface area (Å²) < 4.78 is 4.82. The van der Waals surface area contributed by atoms with Gasteiger partial charge in [-0.05, 0) is 25.1 Å². The van der Waals surface area contributed by atoms with Crippen LogP contribution in [0.1, 0.15) is 6.92 Å². The van der Waals surface area contributed by atoms with Crippen molar-refractivity contribution in [1.82, 2.24) is 0 Å². The lowest BCUT2D eigenvalue weighted by Crippen LogP contribution is -2.26. The molecule has 0 saturated heterocycles. The van der Waals surface area contributed by atoms with Crippen LogP contribution in [0.25, 0.3) is 0 Å². The third-order valence-corrected chi connectivity index (χ3v) is 2.16. The normalized spacial score (nSPS) is 11.9. The maximum absolute atomic E-state index is 11.4. The van der Waals surface area contributed by atoms with E-state index in [1.54, 1.807) is 24.3 Å². The highest BCUT2D eigenvalue weighted by molar-refractivity contribution is 6.30. The van der Waals surface area contributed by atoms with Crippen LogP contribution in [0.5, 0.6) is 0 Å². The van der Waals surface area contributed by atoms with Crippen molar-refractivity contribution in [1.29, 1.82) is 0 Å². The predicted molar refractivity (Wildman–Crippen MR) is 63.1 cm³/mol. The van der Waals surface area contributed by atoms with Crippen molar-refractivity contribution in [3.05, 3.63) is 29.3 Å². The molecule has 2 N–H and O–H groups in total. The Kier molecular flexibility index (Phi) is 4.93. The number of carbonyl (C=O) groups is 2. The first-order valence-corrected chi connectivity index (χ1v) is 5.26. The summed E-state index contributed by atoms with van der Waals surface area (Å²) >= 11 is 5.74.